The van der Waals surface area contributed by atoms with E-state index in [1.807, 2.05) is 19.0 Å². The third kappa shape index (κ3) is 4.60. The summed E-state index contributed by atoms with van der Waals surface area (Å²) in [6.07, 6.45) is 5.35. The number of nitrogens with one attached hydrogen (secondary N) is 1. The quantitative estimate of drug-likeness (QED) is 0.666. The average molecular weight is 399 g/mol. The van der Waals surface area contributed by atoms with Crippen LogP contribution < -0.4 is 20.9 Å². The van der Waals surface area contributed by atoms with Crippen molar-refractivity contribution in [3.63, 3.8) is 0 Å². The lowest BCUT2D eigenvalue weighted by Crippen LogP contribution is -2.40. The molecule has 0 atom stereocenters. The Morgan fingerprint density at radius 1 is 1.28 bits per heavy atom. The number of aromatic nitrogens is 3. The molecule has 2 aromatic rings. The zero-order valence-corrected chi connectivity index (χ0v) is 16.8. The second kappa shape index (κ2) is 8.82. The summed E-state index contributed by atoms with van der Waals surface area (Å²) >= 11 is 0. The molecule has 1 fully saturated rings. The van der Waals surface area contributed by atoms with Crippen LogP contribution in [-0.4, -0.2) is 60.6 Å². The summed E-state index contributed by atoms with van der Waals surface area (Å²) < 4.78 is 5.41. The highest BCUT2D eigenvalue weighted by Gasteiger charge is 2.26. The van der Waals surface area contributed by atoms with E-state index in [4.69, 9.17) is 10.5 Å². The van der Waals surface area contributed by atoms with Gasteiger partial charge in [0.25, 0.3) is 0 Å². The van der Waals surface area contributed by atoms with Gasteiger partial charge in [-0.05, 0) is 31.4 Å². The van der Waals surface area contributed by atoms with Gasteiger partial charge < -0.3 is 20.7 Å². The van der Waals surface area contributed by atoms with Crippen LogP contribution in [0.1, 0.15) is 28.8 Å². The predicted octanol–water partition coefficient (Wildman–Crippen LogP) is 1.23. The van der Waals surface area contributed by atoms with Gasteiger partial charge in [-0.2, -0.15) is 4.98 Å². The molecule has 2 aromatic heterocycles. The molecule has 10 heteroatoms. The molecular weight excluding hydrogens is 374 g/mol. The fourth-order valence-corrected chi connectivity index (χ4v) is 3.15. The summed E-state index contributed by atoms with van der Waals surface area (Å²) in [6, 6.07) is 1.66. The number of ether oxygens (including phenoxy) is 1. The molecule has 3 heterocycles. The highest BCUT2D eigenvalue weighted by Crippen LogP contribution is 2.30. The maximum Gasteiger partial charge on any atom is 0.250 e. The molecular formula is C19H25N7O3. The topological polar surface area (TPSA) is 127 Å². The fourth-order valence-electron chi connectivity index (χ4n) is 3.15. The molecule has 0 bridgehead atoms. The van der Waals surface area contributed by atoms with Crippen molar-refractivity contribution in [2.24, 2.45) is 5.73 Å². The number of carbonyl (C=O) groups is 2. The molecule has 10 nitrogen and oxygen atoms in total. The van der Waals surface area contributed by atoms with Crippen LogP contribution in [0.3, 0.4) is 0 Å². The van der Waals surface area contributed by atoms with Crippen LogP contribution in [-0.2, 0) is 9.53 Å². The van der Waals surface area contributed by atoms with Crippen LogP contribution in [0.2, 0.25) is 0 Å². The minimum absolute atomic E-state index is 0.0115. The van der Waals surface area contributed by atoms with E-state index in [1.165, 1.54) is 6.20 Å². The molecule has 0 aromatic carbocycles. The first kappa shape index (κ1) is 20.5. The molecule has 3 rings (SSSR count). The van der Waals surface area contributed by atoms with Crippen LogP contribution >= 0.6 is 0 Å². The lowest BCUT2D eigenvalue weighted by molar-refractivity contribution is -0.108. The van der Waals surface area contributed by atoms with Crippen LogP contribution in [0.25, 0.3) is 0 Å². The first-order valence-corrected chi connectivity index (χ1v) is 9.30. The van der Waals surface area contributed by atoms with Crippen molar-refractivity contribution in [1.29, 1.82) is 0 Å². The third-order valence-electron chi connectivity index (χ3n) is 4.77. The van der Waals surface area contributed by atoms with Crippen LogP contribution in [0, 0.1) is 6.92 Å². The van der Waals surface area contributed by atoms with Gasteiger partial charge in [0.15, 0.2) is 5.82 Å². The Kier molecular flexibility index (Phi) is 6.23. The van der Waals surface area contributed by atoms with Crippen LogP contribution in [0.4, 0.5) is 23.3 Å². The number of aryl methyl sites for hydroxylation is 1. The van der Waals surface area contributed by atoms with Crippen molar-refractivity contribution in [3.8, 4) is 0 Å². The molecule has 1 saturated heterocycles. The maximum absolute atomic E-state index is 11.9. The minimum atomic E-state index is -0.542. The Hall–Kier alpha value is -3.27. The third-order valence-corrected chi connectivity index (χ3v) is 4.77. The van der Waals surface area contributed by atoms with E-state index < -0.39 is 5.91 Å². The summed E-state index contributed by atoms with van der Waals surface area (Å²) in [5.74, 6) is 0.772. The molecule has 1 aliphatic heterocycles. The van der Waals surface area contributed by atoms with E-state index in [9.17, 15) is 9.59 Å². The summed E-state index contributed by atoms with van der Waals surface area (Å²) in [7, 11) is 3.74. The first-order valence-electron chi connectivity index (χ1n) is 9.30. The number of pyridine rings is 1. The molecule has 0 unspecified atom stereocenters. The molecule has 0 aliphatic carbocycles. The van der Waals surface area contributed by atoms with Gasteiger partial charge in [-0.3, -0.25) is 14.5 Å². The SMILES string of the molecule is Cc1cc(C(N)=O)cnc1Nc1ncc(N(C)C)c(N(C=O)C2CCOCC2)n1. The second-order valence-electron chi connectivity index (χ2n) is 7.03. The van der Waals surface area contributed by atoms with E-state index in [0.29, 0.717) is 36.4 Å². The average Bonchev–Trinajstić information content (AvgIpc) is 2.71. The number of carbonyl (C=O) groups excluding carboxylic acids is 2. The van der Waals surface area contributed by atoms with Gasteiger partial charge >= 0.3 is 0 Å². The minimum Gasteiger partial charge on any atom is -0.381 e. The number of hydrogen-bond donors (Lipinski definition) is 2. The fraction of sp³-hybridized carbons (Fsp3) is 0.421. The highest BCUT2D eigenvalue weighted by molar-refractivity contribution is 5.93. The zero-order chi connectivity index (χ0) is 21.0. The summed E-state index contributed by atoms with van der Waals surface area (Å²) in [4.78, 5) is 39.9. The summed E-state index contributed by atoms with van der Waals surface area (Å²) in [5.41, 5.74) is 7.06. The van der Waals surface area contributed by atoms with Crippen molar-refractivity contribution in [1.82, 2.24) is 15.0 Å². The molecule has 29 heavy (non-hydrogen) atoms. The van der Waals surface area contributed by atoms with Crippen molar-refractivity contribution in [3.05, 3.63) is 29.6 Å². The van der Waals surface area contributed by atoms with E-state index in [0.717, 1.165) is 30.5 Å². The number of anilines is 4. The van der Waals surface area contributed by atoms with Crippen LogP contribution in [0.15, 0.2) is 18.5 Å². The first-order chi connectivity index (χ1) is 13.9. The van der Waals surface area contributed by atoms with Gasteiger partial charge in [-0.25, -0.2) is 9.97 Å². The van der Waals surface area contributed by atoms with E-state index in [1.54, 1.807) is 24.1 Å². The molecule has 0 spiro atoms. The van der Waals surface area contributed by atoms with Crippen molar-refractivity contribution in [2.45, 2.75) is 25.8 Å². The molecule has 0 radical (unpaired) electrons. The van der Waals surface area contributed by atoms with Crippen molar-refractivity contribution in [2.75, 3.05) is 42.4 Å². The van der Waals surface area contributed by atoms with Crippen molar-refractivity contribution < 1.29 is 14.3 Å². The Bertz CT molecular complexity index is 897. The Labute approximate surface area is 169 Å². The maximum atomic E-state index is 11.9. The number of hydrogen-bond acceptors (Lipinski definition) is 8. The van der Waals surface area contributed by atoms with Gasteiger partial charge in [-0.15, -0.1) is 0 Å². The van der Waals surface area contributed by atoms with Crippen molar-refractivity contribution >= 4 is 35.6 Å². The Balaban J connectivity index is 1.94. The van der Waals surface area contributed by atoms with Gasteiger partial charge in [0, 0.05) is 39.5 Å². The number of primary amides is 1. The number of amides is 2. The highest BCUT2D eigenvalue weighted by atomic mass is 16.5. The number of rotatable bonds is 7. The van der Waals surface area contributed by atoms with Gasteiger partial charge in [0.1, 0.15) is 5.82 Å². The Morgan fingerprint density at radius 2 is 2.00 bits per heavy atom. The Morgan fingerprint density at radius 3 is 2.59 bits per heavy atom. The zero-order valence-electron chi connectivity index (χ0n) is 16.8. The van der Waals surface area contributed by atoms with Gasteiger partial charge in [0.2, 0.25) is 18.3 Å². The number of nitrogens with two attached hydrogens (primary N) is 1. The normalized spacial score (nSPS) is 14.3. The summed E-state index contributed by atoms with van der Waals surface area (Å²) in [5, 5.41) is 3.06. The summed E-state index contributed by atoms with van der Waals surface area (Å²) in [6.45, 7) is 3.02. The van der Waals surface area contributed by atoms with E-state index in [2.05, 4.69) is 20.3 Å². The second-order valence-corrected chi connectivity index (χ2v) is 7.03. The largest absolute Gasteiger partial charge is 0.381 e. The number of nitrogens with zero attached hydrogens (tertiary/aromatic N) is 5. The van der Waals surface area contributed by atoms with E-state index >= 15 is 0 Å². The van der Waals surface area contributed by atoms with Gasteiger partial charge in [-0.1, -0.05) is 0 Å². The lowest BCUT2D eigenvalue weighted by Gasteiger charge is -2.32. The molecule has 1 aliphatic rings. The lowest BCUT2D eigenvalue weighted by atomic mass is 10.1. The molecule has 2 amide bonds. The smallest absolute Gasteiger partial charge is 0.250 e. The monoisotopic (exact) mass is 399 g/mol. The van der Waals surface area contributed by atoms with Gasteiger partial charge in [0.05, 0.1) is 17.4 Å². The van der Waals surface area contributed by atoms with E-state index in [-0.39, 0.29) is 6.04 Å². The molecule has 3 N–H and O–H groups in total. The molecule has 154 valence electrons. The molecule has 0 saturated carbocycles. The standard InChI is InChI=1S/C19H25N7O3/c1-12-8-13(16(20)28)9-21-17(12)23-19-22-10-15(25(2)3)18(24-19)26(11-27)14-4-6-29-7-5-14/h8-11,14H,4-7H2,1-3H3,(H2,20,28)(H,21,22,23,24). The predicted molar refractivity (Wildman–Crippen MR) is 110 cm³/mol. The van der Waals surface area contributed by atoms with Crippen LogP contribution in [0.5, 0.6) is 0 Å².